The van der Waals surface area contributed by atoms with E-state index in [2.05, 4.69) is 15.2 Å². The maximum absolute atomic E-state index is 13.0. The van der Waals surface area contributed by atoms with Crippen LogP contribution in [0.5, 0.6) is 0 Å². The van der Waals surface area contributed by atoms with Crippen molar-refractivity contribution in [3.05, 3.63) is 70.0 Å². The first-order valence-electron chi connectivity index (χ1n) is 7.69. The third kappa shape index (κ3) is 2.53. The van der Waals surface area contributed by atoms with Crippen LogP contribution in [0.3, 0.4) is 0 Å². The first-order valence-corrected chi connectivity index (χ1v) is 7.69. The van der Waals surface area contributed by atoms with Gasteiger partial charge in [0.05, 0.1) is 16.8 Å². The van der Waals surface area contributed by atoms with Crippen molar-refractivity contribution in [2.75, 3.05) is 11.4 Å². The quantitative estimate of drug-likeness (QED) is 0.572. The summed E-state index contributed by atoms with van der Waals surface area (Å²) in [7, 11) is 0. The van der Waals surface area contributed by atoms with E-state index in [1.165, 1.54) is 24.3 Å². The number of fused-ring (bicyclic) bond motifs is 3. The number of nitrogens with one attached hydrogen (secondary N) is 1. The minimum absolute atomic E-state index is 0.0491. The van der Waals surface area contributed by atoms with Gasteiger partial charge in [0.25, 0.3) is 11.6 Å². The molecule has 3 aromatic rings. The largest absolute Gasteiger partial charge is 0.292 e. The predicted octanol–water partition coefficient (Wildman–Crippen LogP) is 2.58. The summed E-state index contributed by atoms with van der Waals surface area (Å²) >= 11 is 0. The van der Waals surface area contributed by atoms with Crippen LogP contribution in [-0.2, 0) is 6.42 Å². The van der Waals surface area contributed by atoms with Gasteiger partial charge in [0, 0.05) is 36.0 Å². The van der Waals surface area contributed by atoms with Crippen molar-refractivity contribution in [2.45, 2.75) is 6.42 Å². The van der Waals surface area contributed by atoms with Crippen molar-refractivity contribution in [1.29, 1.82) is 0 Å². The molecule has 0 atom stereocenters. The fraction of sp³-hybridized carbons (Fsp3) is 0.118. The third-order valence-corrected chi connectivity index (χ3v) is 4.20. The Hall–Kier alpha value is -3.55. The molecule has 1 amide bonds. The molecule has 0 fully saturated rings. The van der Waals surface area contributed by atoms with Crippen LogP contribution in [0.1, 0.15) is 15.9 Å². The van der Waals surface area contributed by atoms with Crippen LogP contribution in [0.15, 0.2) is 48.8 Å². The number of hydrogen-bond donors (Lipinski definition) is 1. The number of carbonyl (C=O) groups excluding carboxylic acids is 1. The summed E-state index contributed by atoms with van der Waals surface area (Å²) < 4.78 is 0. The SMILES string of the molecule is O=C(c1ccc([N+](=O)[O-])cc1)N1CCc2cn[nH]c2-c2cccnc21. The molecule has 25 heavy (non-hydrogen) atoms. The van der Waals surface area contributed by atoms with Crippen LogP contribution in [0.25, 0.3) is 11.3 Å². The average molecular weight is 335 g/mol. The predicted molar refractivity (Wildman–Crippen MR) is 90.3 cm³/mol. The number of nitro groups is 1. The van der Waals surface area contributed by atoms with E-state index in [9.17, 15) is 14.9 Å². The zero-order chi connectivity index (χ0) is 17.4. The summed E-state index contributed by atoms with van der Waals surface area (Å²) in [6, 6.07) is 9.29. The molecule has 0 aliphatic carbocycles. The second-order valence-corrected chi connectivity index (χ2v) is 5.66. The highest BCUT2D eigenvalue weighted by molar-refractivity contribution is 6.07. The number of nitro benzene ring substituents is 1. The first-order chi connectivity index (χ1) is 12.1. The maximum Gasteiger partial charge on any atom is 0.269 e. The lowest BCUT2D eigenvalue weighted by molar-refractivity contribution is -0.384. The molecule has 8 nitrogen and oxygen atoms in total. The van der Waals surface area contributed by atoms with Gasteiger partial charge in [-0.25, -0.2) is 4.98 Å². The number of aromatic amines is 1. The van der Waals surface area contributed by atoms with Gasteiger partial charge in [0.15, 0.2) is 0 Å². The summed E-state index contributed by atoms with van der Waals surface area (Å²) in [5.41, 5.74) is 3.02. The van der Waals surface area contributed by atoms with Gasteiger partial charge >= 0.3 is 0 Å². The van der Waals surface area contributed by atoms with Gasteiger partial charge in [-0.15, -0.1) is 0 Å². The Bertz CT molecular complexity index is 964. The van der Waals surface area contributed by atoms with E-state index < -0.39 is 4.92 Å². The van der Waals surface area contributed by atoms with Gasteiger partial charge < -0.3 is 0 Å². The molecule has 1 N–H and O–H groups in total. The second kappa shape index (κ2) is 5.82. The van der Waals surface area contributed by atoms with Crippen molar-refractivity contribution in [3.8, 4) is 11.3 Å². The maximum atomic E-state index is 13.0. The summed E-state index contributed by atoms with van der Waals surface area (Å²) in [6.45, 7) is 0.451. The molecule has 0 saturated carbocycles. The lowest BCUT2D eigenvalue weighted by atomic mass is 10.1. The number of carbonyl (C=O) groups is 1. The highest BCUT2D eigenvalue weighted by Gasteiger charge is 2.27. The molecule has 4 rings (SSSR count). The average Bonchev–Trinajstić information content (AvgIpc) is 3.05. The van der Waals surface area contributed by atoms with E-state index in [4.69, 9.17) is 0 Å². The molecule has 0 radical (unpaired) electrons. The number of nitrogens with zero attached hydrogens (tertiary/aromatic N) is 4. The van der Waals surface area contributed by atoms with Crippen molar-refractivity contribution in [3.63, 3.8) is 0 Å². The smallest absolute Gasteiger partial charge is 0.269 e. The van der Waals surface area contributed by atoms with E-state index >= 15 is 0 Å². The van der Waals surface area contributed by atoms with Crippen LogP contribution in [-0.4, -0.2) is 32.6 Å². The monoisotopic (exact) mass is 335 g/mol. The van der Waals surface area contributed by atoms with Crippen LogP contribution < -0.4 is 4.90 Å². The molecule has 1 aromatic carbocycles. The zero-order valence-electron chi connectivity index (χ0n) is 13.0. The van der Waals surface area contributed by atoms with Crippen LogP contribution in [0.4, 0.5) is 11.5 Å². The molecule has 0 spiro atoms. The van der Waals surface area contributed by atoms with Crippen molar-refractivity contribution in [1.82, 2.24) is 15.2 Å². The topological polar surface area (TPSA) is 105 Å². The van der Waals surface area contributed by atoms with Gasteiger partial charge in [-0.2, -0.15) is 5.10 Å². The summed E-state index contributed by atoms with van der Waals surface area (Å²) in [4.78, 5) is 29.2. The molecular weight excluding hydrogens is 322 g/mol. The van der Waals surface area contributed by atoms with E-state index in [1.54, 1.807) is 17.3 Å². The van der Waals surface area contributed by atoms with Crippen LogP contribution >= 0.6 is 0 Å². The van der Waals surface area contributed by atoms with Crippen molar-refractivity contribution >= 4 is 17.4 Å². The highest BCUT2D eigenvalue weighted by Crippen LogP contribution is 2.33. The van der Waals surface area contributed by atoms with Crippen LogP contribution in [0.2, 0.25) is 0 Å². The first kappa shape index (κ1) is 15.0. The van der Waals surface area contributed by atoms with Gasteiger partial charge in [-0.05, 0) is 36.2 Å². The molecule has 1 aliphatic heterocycles. The number of H-pyrrole nitrogens is 1. The molecule has 0 unspecified atom stereocenters. The number of pyridine rings is 1. The Balaban J connectivity index is 1.74. The van der Waals surface area contributed by atoms with E-state index in [0.29, 0.717) is 24.3 Å². The Morgan fingerprint density at radius 1 is 1.24 bits per heavy atom. The fourth-order valence-electron chi connectivity index (χ4n) is 2.96. The molecule has 124 valence electrons. The molecule has 2 aromatic heterocycles. The minimum Gasteiger partial charge on any atom is -0.292 e. The molecule has 0 saturated heterocycles. The van der Waals surface area contributed by atoms with Gasteiger partial charge in [0.2, 0.25) is 0 Å². The number of aromatic nitrogens is 3. The summed E-state index contributed by atoms with van der Waals surface area (Å²) in [6.07, 6.45) is 4.03. The Labute approximate surface area is 142 Å². The number of hydrogen-bond acceptors (Lipinski definition) is 5. The van der Waals surface area contributed by atoms with Crippen LogP contribution in [0, 0.1) is 10.1 Å². The number of rotatable bonds is 2. The zero-order valence-corrected chi connectivity index (χ0v) is 13.0. The minimum atomic E-state index is -0.490. The summed E-state index contributed by atoms with van der Waals surface area (Å²) in [5, 5.41) is 17.8. The van der Waals surface area contributed by atoms with Crippen molar-refractivity contribution < 1.29 is 9.72 Å². The number of non-ortho nitro benzene ring substituents is 1. The molecule has 0 bridgehead atoms. The third-order valence-electron chi connectivity index (χ3n) is 4.20. The standard InChI is InChI=1S/C17H13N5O3/c23-17(11-3-5-13(6-4-11)22(24)25)21-9-7-12-10-19-20-15(12)14-2-1-8-18-16(14)21/h1-6,8,10H,7,9H2,(H,19,20). The Morgan fingerprint density at radius 2 is 2.04 bits per heavy atom. The molecule has 1 aliphatic rings. The van der Waals surface area contributed by atoms with Gasteiger partial charge in [-0.1, -0.05) is 0 Å². The number of benzene rings is 1. The number of anilines is 1. The second-order valence-electron chi connectivity index (χ2n) is 5.66. The molecule has 8 heteroatoms. The molecule has 3 heterocycles. The fourth-order valence-corrected chi connectivity index (χ4v) is 2.96. The van der Waals surface area contributed by atoms with Crippen molar-refractivity contribution in [2.24, 2.45) is 0 Å². The number of amides is 1. The van der Waals surface area contributed by atoms with E-state index in [0.717, 1.165) is 16.8 Å². The lowest BCUT2D eigenvalue weighted by Gasteiger charge is -2.21. The van der Waals surface area contributed by atoms with Gasteiger partial charge in [-0.3, -0.25) is 24.9 Å². The Kier molecular flexibility index (Phi) is 3.50. The molecular formula is C17H13N5O3. The lowest BCUT2D eigenvalue weighted by Crippen LogP contribution is -2.33. The Morgan fingerprint density at radius 3 is 2.80 bits per heavy atom. The highest BCUT2D eigenvalue weighted by atomic mass is 16.6. The van der Waals surface area contributed by atoms with E-state index in [1.807, 2.05) is 12.1 Å². The van der Waals surface area contributed by atoms with E-state index in [-0.39, 0.29) is 11.6 Å². The van der Waals surface area contributed by atoms with Gasteiger partial charge in [0.1, 0.15) is 5.82 Å². The normalized spacial score (nSPS) is 12.9. The summed E-state index contributed by atoms with van der Waals surface area (Å²) in [5.74, 6) is 0.307.